The van der Waals surface area contributed by atoms with E-state index in [1.54, 1.807) is 0 Å². The van der Waals surface area contributed by atoms with Gasteiger partial charge in [-0.15, -0.1) is 0 Å². The number of urea groups is 1. The number of carbonyl (C=O) groups is 1. The first-order valence-corrected chi connectivity index (χ1v) is 13.7. The lowest BCUT2D eigenvalue weighted by atomic mass is 10.00. The van der Waals surface area contributed by atoms with E-state index in [0.717, 1.165) is 60.9 Å². The van der Waals surface area contributed by atoms with Crippen LogP contribution in [0.4, 0.5) is 35.3 Å². The number of aryl methyl sites for hydroxylation is 1. The Bertz CT molecular complexity index is 1250. The van der Waals surface area contributed by atoms with Crippen LogP contribution in [-0.4, -0.2) is 80.1 Å². The zero-order valence-corrected chi connectivity index (χ0v) is 22.1. The molecule has 1 aliphatic carbocycles. The summed E-state index contributed by atoms with van der Waals surface area (Å²) in [6.07, 6.45) is -3.65. The van der Waals surface area contributed by atoms with Crippen LogP contribution in [0.25, 0.3) is 11.1 Å². The lowest BCUT2D eigenvalue weighted by Crippen LogP contribution is -2.37. The molecule has 11 heteroatoms. The fourth-order valence-electron chi connectivity index (χ4n) is 6.20. The third-order valence-corrected chi connectivity index (χ3v) is 8.56. The summed E-state index contributed by atoms with van der Waals surface area (Å²) in [7, 11) is 0. The van der Waals surface area contributed by atoms with Gasteiger partial charge in [-0.3, -0.25) is 0 Å². The molecule has 6 rings (SSSR count). The third kappa shape index (κ3) is 5.65. The van der Waals surface area contributed by atoms with Crippen LogP contribution in [-0.2, 0) is 4.74 Å². The summed E-state index contributed by atoms with van der Waals surface area (Å²) >= 11 is 0. The number of aromatic nitrogens is 1. The van der Waals surface area contributed by atoms with Crippen LogP contribution >= 0.6 is 0 Å². The minimum atomic E-state index is -4.22. The number of nitrogens with two attached hydrogens (primary N) is 1. The number of anilines is 3. The number of ether oxygens (including phenoxy) is 1. The maximum Gasteiger partial charge on any atom is 0.389 e. The largest absolute Gasteiger partial charge is 0.389 e. The molecule has 1 saturated carbocycles. The Labute approximate surface area is 226 Å². The number of fused-ring (bicyclic) bond motifs is 1. The Hall–Kier alpha value is -3.05. The number of alkyl halides is 3. The maximum absolute atomic E-state index is 12.9. The van der Waals surface area contributed by atoms with Crippen molar-refractivity contribution in [2.45, 2.75) is 37.9 Å². The van der Waals surface area contributed by atoms with Gasteiger partial charge in [0, 0.05) is 56.9 Å². The van der Waals surface area contributed by atoms with Gasteiger partial charge in [0.25, 0.3) is 0 Å². The van der Waals surface area contributed by atoms with Gasteiger partial charge in [0.05, 0.1) is 13.2 Å². The molecule has 0 bridgehead atoms. The van der Waals surface area contributed by atoms with Crippen LogP contribution in [0.3, 0.4) is 0 Å². The van der Waals surface area contributed by atoms with E-state index in [1.165, 1.54) is 4.90 Å². The average molecular weight is 545 g/mol. The summed E-state index contributed by atoms with van der Waals surface area (Å²) in [5.74, 6) is 1.74. The number of benzene rings is 1. The molecule has 39 heavy (non-hydrogen) atoms. The second-order valence-corrected chi connectivity index (χ2v) is 11.6. The Morgan fingerprint density at radius 1 is 1.13 bits per heavy atom. The first-order chi connectivity index (χ1) is 18.6. The second-order valence-electron chi connectivity index (χ2n) is 11.6. The highest BCUT2D eigenvalue weighted by molar-refractivity contribution is 5.91. The molecule has 4 fully saturated rings. The van der Waals surface area contributed by atoms with Crippen molar-refractivity contribution in [2.24, 2.45) is 17.6 Å². The summed E-state index contributed by atoms with van der Waals surface area (Å²) in [4.78, 5) is 23.9. The van der Waals surface area contributed by atoms with Crippen molar-refractivity contribution in [3.8, 4) is 11.1 Å². The van der Waals surface area contributed by atoms with E-state index in [0.29, 0.717) is 37.8 Å². The monoisotopic (exact) mass is 544 g/mol. The SMILES string of the molecule is Cc1ccc(NC(=O)N2CCC(CC(F)(F)F)C2)cc1-c1cc(N2CCOCC2)nc(N2CC3C[C@@]3(N)C2)c1. The predicted octanol–water partition coefficient (Wildman–Crippen LogP) is 4.24. The number of rotatable bonds is 5. The van der Waals surface area contributed by atoms with Crippen molar-refractivity contribution >= 4 is 23.4 Å². The average Bonchev–Trinajstić information content (AvgIpc) is 3.19. The number of piperidine rings is 1. The van der Waals surface area contributed by atoms with Gasteiger partial charge in [-0.2, -0.15) is 13.2 Å². The Balaban J connectivity index is 1.24. The predicted molar refractivity (Wildman–Crippen MR) is 144 cm³/mol. The van der Waals surface area contributed by atoms with Gasteiger partial charge in [-0.05, 0) is 72.6 Å². The number of pyridine rings is 1. The van der Waals surface area contributed by atoms with Crippen LogP contribution in [0.15, 0.2) is 30.3 Å². The highest BCUT2D eigenvalue weighted by atomic mass is 19.4. The van der Waals surface area contributed by atoms with Crippen molar-refractivity contribution in [2.75, 3.05) is 67.6 Å². The molecule has 4 heterocycles. The van der Waals surface area contributed by atoms with E-state index in [2.05, 4.69) is 27.2 Å². The molecule has 3 N–H and O–H groups in total. The number of carbonyl (C=O) groups excluding carboxylic acids is 1. The number of morpholine rings is 1. The third-order valence-electron chi connectivity index (χ3n) is 8.56. The van der Waals surface area contributed by atoms with E-state index in [9.17, 15) is 18.0 Å². The molecule has 1 aromatic carbocycles. The van der Waals surface area contributed by atoms with Gasteiger partial charge in [0.1, 0.15) is 11.6 Å². The number of nitrogens with zero attached hydrogens (tertiary/aromatic N) is 4. The molecule has 0 radical (unpaired) electrons. The van der Waals surface area contributed by atoms with E-state index in [4.69, 9.17) is 15.5 Å². The van der Waals surface area contributed by atoms with E-state index < -0.39 is 18.5 Å². The fourth-order valence-corrected chi connectivity index (χ4v) is 6.20. The first kappa shape index (κ1) is 26.2. The second kappa shape index (κ2) is 9.85. The van der Waals surface area contributed by atoms with Gasteiger partial charge >= 0.3 is 12.2 Å². The highest BCUT2D eigenvalue weighted by Crippen LogP contribution is 2.48. The zero-order chi connectivity index (χ0) is 27.4. The van der Waals surface area contributed by atoms with Gasteiger partial charge < -0.3 is 30.5 Å². The smallest absolute Gasteiger partial charge is 0.378 e. The number of hydrogen-bond acceptors (Lipinski definition) is 6. The van der Waals surface area contributed by atoms with Crippen molar-refractivity contribution in [3.63, 3.8) is 0 Å². The molecule has 3 atom stereocenters. The Morgan fingerprint density at radius 3 is 2.56 bits per heavy atom. The van der Waals surface area contributed by atoms with Gasteiger partial charge in [-0.1, -0.05) is 6.07 Å². The molecule has 1 aromatic heterocycles. The number of nitrogens with one attached hydrogen (secondary N) is 1. The first-order valence-electron chi connectivity index (χ1n) is 13.7. The van der Waals surface area contributed by atoms with Crippen LogP contribution in [0, 0.1) is 18.8 Å². The summed E-state index contributed by atoms with van der Waals surface area (Å²) in [5.41, 5.74) is 10.0. The minimum Gasteiger partial charge on any atom is -0.378 e. The standard InChI is InChI=1S/C28H35F3N6O2/c1-18-2-3-22(33-26(38)36-5-4-19(15-36)13-28(29,30)31)12-23(18)20-10-24(35-6-8-39-9-7-35)34-25(11-20)37-16-21-14-27(21,32)17-37/h2-3,10-12,19,21H,4-9,13-17,32H2,1H3,(H,33,38)/t19?,21?,27-/m1/s1. The lowest BCUT2D eigenvalue weighted by Gasteiger charge is -2.30. The van der Waals surface area contributed by atoms with Crippen molar-refractivity contribution in [1.29, 1.82) is 0 Å². The van der Waals surface area contributed by atoms with Gasteiger partial charge in [0.2, 0.25) is 0 Å². The number of amides is 2. The summed E-state index contributed by atoms with van der Waals surface area (Å²) in [5, 5.41) is 2.91. The van der Waals surface area contributed by atoms with E-state index >= 15 is 0 Å². The van der Waals surface area contributed by atoms with Crippen molar-refractivity contribution < 1.29 is 22.7 Å². The van der Waals surface area contributed by atoms with Crippen molar-refractivity contribution in [1.82, 2.24) is 9.88 Å². The molecule has 3 aliphatic heterocycles. The molecular weight excluding hydrogens is 509 g/mol. The summed E-state index contributed by atoms with van der Waals surface area (Å²) < 4.78 is 43.9. The van der Waals surface area contributed by atoms with Gasteiger partial charge in [0.15, 0.2) is 0 Å². The molecule has 210 valence electrons. The van der Waals surface area contributed by atoms with Gasteiger partial charge in [-0.25, -0.2) is 9.78 Å². The van der Waals surface area contributed by atoms with Crippen LogP contribution < -0.4 is 20.9 Å². The highest BCUT2D eigenvalue weighted by Gasteiger charge is 2.57. The van der Waals surface area contributed by atoms with E-state index in [1.807, 2.05) is 25.1 Å². The normalized spacial score (nSPS) is 26.6. The molecule has 2 amide bonds. The molecule has 2 aromatic rings. The molecule has 4 aliphatic rings. The Morgan fingerprint density at radius 2 is 1.87 bits per heavy atom. The quantitative estimate of drug-likeness (QED) is 0.586. The molecule has 8 nitrogen and oxygen atoms in total. The number of likely N-dealkylation sites (tertiary alicyclic amines) is 1. The lowest BCUT2D eigenvalue weighted by molar-refractivity contribution is -0.143. The molecule has 0 spiro atoms. The zero-order valence-electron chi connectivity index (χ0n) is 22.1. The number of halogens is 3. The molecular formula is C28H35F3N6O2. The maximum atomic E-state index is 12.9. The van der Waals surface area contributed by atoms with Crippen LogP contribution in [0.5, 0.6) is 0 Å². The Kier molecular flexibility index (Phi) is 6.61. The van der Waals surface area contributed by atoms with Crippen LogP contribution in [0.2, 0.25) is 0 Å². The minimum absolute atomic E-state index is 0.106. The fraction of sp³-hybridized carbons (Fsp3) is 0.571. The van der Waals surface area contributed by atoms with E-state index in [-0.39, 0.29) is 18.1 Å². The summed E-state index contributed by atoms with van der Waals surface area (Å²) in [6, 6.07) is 9.52. The number of hydrogen-bond donors (Lipinski definition) is 2. The summed E-state index contributed by atoms with van der Waals surface area (Å²) in [6.45, 7) is 6.98. The van der Waals surface area contributed by atoms with Crippen LogP contribution in [0.1, 0.15) is 24.8 Å². The molecule has 2 unspecified atom stereocenters. The topological polar surface area (TPSA) is 87.0 Å². The van der Waals surface area contributed by atoms with Crippen molar-refractivity contribution in [3.05, 3.63) is 35.9 Å². The molecule has 3 saturated heterocycles.